The highest BCUT2D eigenvalue weighted by Gasteiger charge is 2.31. The smallest absolute Gasteiger partial charge is 0.243 e. The molecule has 0 unspecified atom stereocenters. The molecule has 2 aromatic rings. The summed E-state index contributed by atoms with van der Waals surface area (Å²) in [5, 5.41) is 6.54. The third-order valence-corrected chi connectivity index (χ3v) is 7.00. The molecule has 1 aromatic heterocycles. The molecule has 1 amide bonds. The third-order valence-electron chi connectivity index (χ3n) is 7.00. The second kappa shape index (κ2) is 9.43. The first-order chi connectivity index (χ1) is 16.1. The predicted molar refractivity (Wildman–Crippen MR) is 135 cm³/mol. The van der Waals surface area contributed by atoms with Gasteiger partial charge in [0, 0.05) is 74.6 Å². The van der Waals surface area contributed by atoms with Gasteiger partial charge < -0.3 is 25.3 Å². The molecule has 3 fully saturated rings. The van der Waals surface area contributed by atoms with Gasteiger partial charge in [0.2, 0.25) is 5.91 Å². The molecule has 5 rings (SSSR count). The van der Waals surface area contributed by atoms with Crippen molar-refractivity contribution in [2.24, 2.45) is 0 Å². The molecule has 7 nitrogen and oxygen atoms in total. The van der Waals surface area contributed by atoms with Crippen LogP contribution < -0.4 is 20.4 Å². The number of anilines is 4. The number of hydrogen-bond acceptors (Lipinski definition) is 6. The van der Waals surface area contributed by atoms with Crippen molar-refractivity contribution >= 4 is 28.8 Å². The molecular formula is C26H34N6O. The molecule has 2 N–H and O–H groups in total. The summed E-state index contributed by atoms with van der Waals surface area (Å²) in [4.78, 5) is 23.7. The number of likely N-dealkylation sites (N-methyl/N-ethyl adjacent to an activating group) is 1. The van der Waals surface area contributed by atoms with Crippen LogP contribution in [0.4, 0.5) is 22.9 Å². The van der Waals surface area contributed by atoms with E-state index in [0.717, 1.165) is 57.2 Å². The zero-order valence-electron chi connectivity index (χ0n) is 19.5. The van der Waals surface area contributed by atoms with E-state index in [1.807, 2.05) is 6.20 Å². The van der Waals surface area contributed by atoms with E-state index in [-0.39, 0.29) is 11.9 Å². The monoisotopic (exact) mass is 446 g/mol. The van der Waals surface area contributed by atoms with Gasteiger partial charge in [-0.25, -0.2) is 4.98 Å². The maximum absolute atomic E-state index is 11.7. The van der Waals surface area contributed by atoms with Gasteiger partial charge in [0.15, 0.2) is 0 Å². The summed E-state index contributed by atoms with van der Waals surface area (Å²) in [6.07, 6.45) is 6.81. The van der Waals surface area contributed by atoms with Crippen LogP contribution in [0.2, 0.25) is 0 Å². The highest BCUT2D eigenvalue weighted by atomic mass is 16.1. The molecule has 0 spiro atoms. The predicted octanol–water partition coefficient (Wildman–Crippen LogP) is 3.34. The minimum Gasteiger partial charge on any atom is -0.369 e. The molecule has 1 saturated carbocycles. The van der Waals surface area contributed by atoms with E-state index >= 15 is 0 Å². The molecule has 1 aliphatic carbocycles. The van der Waals surface area contributed by atoms with Gasteiger partial charge in [0.05, 0.1) is 0 Å². The zero-order chi connectivity index (χ0) is 22.8. The topological polar surface area (TPSA) is 63.7 Å². The first-order valence-electron chi connectivity index (χ1n) is 12.1. The van der Waals surface area contributed by atoms with Crippen molar-refractivity contribution in [1.29, 1.82) is 0 Å². The van der Waals surface area contributed by atoms with Crippen LogP contribution in [0.5, 0.6) is 0 Å². The van der Waals surface area contributed by atoms with Crippen molar-refractivity contribution in [1.82, 2.24) is 15.2 Å². The van der Waals surface area contributed by atoms with Gasteiger partial charge in [0.1, 0.15) is 5.82 Å². The summed E-state index contributed by atoms with van der Waals surface area (Å²) in [5.41, 5.74) is 4.90. The molecule has 1 atom stereocenters. The molecule has 3 heterocycles. The lowest BCUT2D eigenvalue weighted by molar-refractivity contribution is -0.117. The van der Waals surface area contributed by atoms with E-state index in [4.69, 9.17) is 4.98 Å². The number of nitrogens with one attached hydrogen (secondary N) is 2. The summed E-state index contributed by atoms with van der Waals surface area (Å²) < 4.78 is 0. The molecule has 3 aliphatic rings. The van der Waals surface area contributed by atoms with Crippen LogP contribution in [-0.4, -0.2) is 68.1 Å². The van der Waals surface area contributed by atoms with Crippen LogP contribution in [0, 0.1) is 0 Å². The minimum absolute atomic E-state index is 0.0960. The highest BCUT2D eigenvalue weighted by molar-refractivity contribution is 5.87. The minimum atomic E-state index is -0.0960. The van der Waals surface area contributed by atoms with Crippen molar-refractivity contribution < 1.29 is 4.79 Å². The number of aromatic nitrogens is 1. The van der Waals surface area contributed by atoms with Gasteiger partial charge in [-0.2, -0.15) is 0 Å². The fourth-order valence-electron chi connectivity index (χ4n) is 4.83. The van der Waals surface area contributed by atoms with Crippen LogP contribution >= 0.6 is 0 Å². The van der Waals surface area contributed by atoms with Crippen LogP contribution in [-0.2, 0) is 4.79 Å². The Morgan fingerprint density at radius 3 is 2.52 bits per heavy atom. The quantitative estimate of drug-likeness (QED) is 0.636. The zero-order valence-corrected chi connectivity index (χ0v) is 19.5. The molecule has 0 bridgehead atoms. The summed E-state index contributed by atoms with van der Waals surface area (Å²) in [5.74, 6) is 1.38. The fraction of sp³-hybridized carbons (Fsp3) is 0.462. The van der Waals surface area contributed by atoms with Crippen LogP contribution in [0.3, 0.4) is 0 Å². The number of benzene rings is 1. The Balaban J connectivity index is 1.28. The molecule has 0 radical (unpaired) electrons. The third kappa shape index (κ3) is 5.14. The highest BCUT2D eigenvalue weighted by Crippen LogP contribution is 2.45. The number of hydrogen-bond donors (Lipinski definition) is 2. The molecule has 174 valence electrons. The van der Waals surface area contributed by atoms with Gasteiger partial charge in [-0.3, -0.25) is 4.79 Å². The van der Waals surface area contributed by atoms with Crippen molar-refractivity contribution in [3.05, 3.63) is 54.7 Å². The SMILES string of the molecule is C=CC(=O)N[C@@H]1CCN(c2cc(Nc3ccc(N4CCN(C)CC4)cc3)ncc2C2CC2)C1. The van der Waals surface area contributed by atoms with E-state index in [9.17, 15) is 4.79 Å². The molecule has 2 aliphatic heterocycles. The van der Waals surface area contributed by atoms with E-state index in [2.05, 4.69) is 69.3 Å². The Morgan fingerprint density at radius 1 is 1.06 bits per heavy atom. The van der Waals surface area contributed by atoms with Gasteiger partial charge in [-0.05, 0) is 68.1 Å². The van der Waals surface area contributed by atoms with Crippen LogP contribution in [0.25, 0.3) is 0 Å². The first-order valence-corrected chi connectivity index (χ1v) is 12.1. The number of pyridine rings is 1. The normalized spacial score (nSPS) is 21.2. The van der Waals surface area contributed by atoms with Crippen molar-refractivity contribution in [2.75, 3.05) is 61.4 Å². The Kier molecular flexibility index (Phi) is 6.22. The lowest BCUT2D eigenvalue weighted by Crippen LogP contribution is -2.44. The molecule has 7 heteroatoms. The van der Waals surface area contributed by atoms with E-state index in [1.54, 1.807) is 0 Å². The number of carbonyl (C=O) groups excluding carboxylic acids is 1. The van der Waals surface area contributed by atoms with Gasteiger partial charge >= 0.3 is 0 Å². The van der Waals surface area contributed by atoms with E-state index < -0.39 is 0 Å². The fourth-order valence-corrected chi connectivity index (χ4v) is 4.83. The van der Waals surface area contributed by atoms with E-state index in [0.29, 0.717) is 5.92 Å². The van der Waals surface area contributed by atoms with Crippen LogP contribution in [0.15, 0.2) is 49.2 Å². The number of carbonyl (C=O) groups is 1. The van der Waals surface area contributed by atoms with Gasteiger partial charge in [-0.1, -0.05) is 6.58 Å². The van der Waals surface area contributed by atoms with Crippen LogP contribution in [0.1, 0.15) is 30.7 Å². The molecule has 2 saturated heterocycles. The maximum atomic E-state index is 11.7. The molecule has 1 aromatic carbocycles. The Labute approximate surface area is 196 Å². The Bertz CT molecular complexity index is 994. The summed E-state index contributed by atoms with van der Waals surface area (Å²) >= 11 is 0. The summed E-state index contributed by atoms with van der Waals surface area (Å²) in [6.45, 7) is 9.67. The second-order valence-corrected chi connectivity index (χ2v) is 9.51. The van der Waals surface area contributed by atoms with Gasteiger partial charge in [0.25, 0.3) is 0 Å². The first kappa shape index (κ1) is 21.8. The number of amides is 1. The number of nitrogens with zero attached hydrogens (tertiary/aromatic N) is 4. The van der Waals surface area contributed by atoms with Crippen molar-refractivity contribution in [2.45, 2.75) is 31.2 Å². The number of rotatable bonds is 7. The largest absolute Gasteiger partial charge is 0.369 e. The average molecular weight is 447 g/mol. The summed E-state index contributed by atoms with van der Waals surface area (Å²) in [6, 6.07) is 11.0. The Hall–Kier alpha value is -3.06. The Morgan fingerprint density at radius 2 is 1.82 bits per heavy atom. The van der Waals surface area contributed by atoms with Gasteiger partial charge in [-0.15, -0.1) is 0 Å². The summed E-state index contributed by atoms with van der Waals surface area (Å²) in [7, 11) is 2.18. The maximum Gasteiger partial charge on any atom is 0.243 e. The number of piperazine rings is 1. The standard InChI is InChI=1S/C26H34N6O/c1-3-26(33)29-21-10-11-32(18-21)24-16-25(27-17-23(24)19-4-5-19)28-20-6-8-22(9-7-20)31-14-12-30(2)13-15-31/h3,6-9,16-17,19,21H,1,4-5,10-15,18H2,2H3,(H,27,28)(H,29,33)/t21-/m1/s1. The molecular weight excluding hydrogens is 412 g/mol. The van der Waals surface area contributed by atoms with E-state index in [1.165, 1.54) is 35.9 Å². The second-order valence-electron chi connectivity index (χ2n) is 9.51. The van der Waals surface area contributed by atoms with Crippen molar-refractivity contribution in [3.8, 4) is 0 Å². The lowest BCUT2D eigenvalue weighted by Gasteiger charge is -2.34. The molecule has 33 heavy (non-hydrogen) atoms. The lowest BCUT2D eigenvalue weighted by atomic mass is 10.1. The average Bonchev–Trinajstić information content (AvgIpc) is 3.58. The van der Waals surface area contributed by atoms with Crippen molar-refractivity contribution in [3.63, 3.8) is 0 Å².